The van der Waals surface area contributed by atoms with Gasteiger partial charge in [0.2, 0.25) is 0 Å². The number of aromatic nitrogens is 2. The van der Waals surface area contributed by atoms with Gasteiger partial charge < -0.3 is 5.32 Å². The number of halogens is 1. The van der Waals surface area contributed by atoms with Gasteiger partial charge >= 0.3 is 0 Å². The minimum absolute atomic E-state index is 0.679. The minimum Gasteiger partial charge on any atom is -0.339 e. The third-order valence-corrected chi connectivity index (χ3v) is 4.32. The van der Waals surface area contributed by atoms with Gasteiger partial charge in [-0.05, 0) is 35.7 Å². The summed E-state index contributed by atoms with van der Waals surface area (Å²) in [5.74, 6) is 0.919. The first-order valence-electron chi connectivity index (χ1n) is 6.83. The van der Waals surface area contributed by atoms with Crippen molar-refractivity contribution in [1.29, 1.82) is 0 Å². The lowest BCUT2D eigenvalue weighted by molar-refractivity contribution is 1.18. The van der Waals surface area contributed by atoms with E-state index in [0.717, 1.165) is 28.4 Å². The molecule has 0 radical (unpaired) electrons. The second-order valence-electron chi connectivity index (χ2n) is 4.89. The summed E-state index contributed by atoms with van der Waals surface area (Å²) in [6.45, 7) is 0. The van der Waals surface area contributed by atoms with Crippen LogP contribution in [0.1, 0.15) is 0 Å². The van der Waals surface area contributed by atoms with Gasteiger partial charge in [0, 0.05) is 22.8 Å². The molecule has 22 heavy (non-hydrogen) atoms. The standard InChI is InChI=1S/C17H12ClN3S/c18-13-6-7-15-20-16(12-8-9-22-11-12)17(21(15)10-13)19-14-4-2-1-3-5-14/h1-11,19H. The van der Waals surface area contributed by atoms with E-state index in [4.69, 9.17) is 16.6 Å². The van der Waals surface area contributed by atoms with Gasteiger partial charge in [0.15, 0.2) is 0 Å². The number of para-hydroxylation sites is 1. The molecule has 0 aliphatic carbocycles. The molecule has 0 aliphatic heterocycles. The van der Waals surface area contributed by atoms with Gasteiger partial charge in [-0.2, -0.15) is 11.3 Å². The third kappa shape index (κ3) is 2.36. The zero-order chi connectivity index (χ0) is 14.9. The first-order valence-corrected chi connectivity index (χ1v) is 8.15. The Morgan fingerprint density at radius 1 is 1.05 bits per heavy atom. The van der Waals surface area contributed by atoms with Crippen LogP contribution in [-0.2, 0) is 0 Å². The van der Waals surface area contributed by atoms with Crippen LogP contribution < -0.4 is 5.32 Å². The molecule has 3 nitrogen and oxygen atoms in total. The first kappa shape index (κ1) is 13.4. The molecule has 0 unspecified atom stereocenters. The third-order valence-electron chi connectivity index (χ3n) is 3.41. The summed E-state index contributed by atoms with van der Waals surface area (Å²) in [7, 11) is 0. The van der Waals surface area contributed by atoms with E-state index in [0.29, 0.717) is 5.02 Å². The van der Waals surface area contributed by atoms with Gasteiger partial charge in [-0.3, -0.25) is 4.40 Å². The van der Waals surface area contributed by atoms with Crippen LogP contribution in [0.15, 0.2) is 65.5 Å². The molecule has 1 N–H and O–H groups in total. The Kier molecular flexibility index (Phi) is 3.33. The van der Waals surface area contributed by atoms with E-state index >= 15 is 0 Å². The number of fused-ring (bicyclic) bond motifs is 1. The zero-order valence-electron chi connectivity index (χ0n) is 11.5. The number of anilines is 2. The predicted molar refractivity (Wildman–Crippen MR) is 93.2 cm³/mol. The smallest absolute Gasteiger partial charge is 0.143 e. The van der Waals surface area contributed by atoms with E-state index in [9.17, 15) is 0 Å². The van der Waals surface area contributed by atoms with E-state index in [1.165, 1.54) is 0 Å². The van der Waals surface area contributed by atoms with Gasteiger partial charge in [-0.25, -0.2) is 4.98 Å². The van der Waals surface area contributed by atoms with Crippen molar-refractivity contribution in [3.63, 3.8) is 0 Å². The SMILES string of the molecule is Clc1ccc2nc(-c3ccsc3)c(Nc3ccccc3)n2c1. The summed E-state index contributed by atoms with van der Waals surface area (Å²) in [6.07, 6.45) is 1.88. The van der Waals surface area contributed by atoms with Crippen molar-refractivity contribution < 1.29 is 0 Å². The number of nitrogens with zero attached hydrogens (tertiary/aromatic N) is 2. The van der Waals surface area contributed by atoms with Crippen LogP contribution >= 0.6 is 22.9 Å². The molecule has 0 atom stereocenters. The highest BCUT2D eigenvalue weighted by atomic mass is 35.5. The van der Waals surface area contributed by atoms with E-state index in [-0.39, 0.29) is 0 Å². The normalized spacial score (nSPS) is 11.0. The van der Waals surface area contributed by atoms with Gasteiger partial charge in [-0.15, -0.1) is 0 Å². The van der Waals surface area contributed by atoms with Gasteiger partial charge in [0.1, 0.15) is 17.2 Å². The van der Waals surface area contributed by atoms with E-state index in [2.05, 4.69) is 22.1 Å². The van der Waals surface area contributed by atoms with Crippen LogP contribution in [0.4, 0.5) is 11.5 Å². The van der Waals surface area contributed by atoms with Crippen molar-refractivity contribution in [1.82, 2.24) is 9.38 Å². The second kappa shape index (κ2) is 5.48. The molecule has 5 heteroatoms. The maximum absolute atomic E-state index is 6.15. The van der Waals surface area contributed by atoms with Crippen molar-refractivity contribution >= 4 is 40.1 Å². The zero-order valence-corrected chi connectivity index (χ0v) is 13.1. The maximum Gasteiger partial charge on any atom is 0.143 e. The number of thiophene rings is 1. The highest BCUT2D eigenvalue weighted by molar-refractivity contribution is 7.08. The van der Waals surface area contributed by atoms with Crippen molar-refractivity contribution in [2.75, 3.05) is 5.32 Å². The number of benzene rings is 1. The number of pyridine rings is 1. The molecule has 4 rings (SSSR count). The Balaban J connectivity index is 1.93. The molecule has 0 saturated carbocycles. The molecule has 0 saturated heterocycles. The molecule has 0 aliphatic rings. The van der Waals surface area contributed by atoms with Gasteiger partial charge in [0.05, 0.1) is 5.02 Å². The van der Waals surface area contributed by atoms with Crippen LogP contribution in [0, 0.1) is 0 Å². The number of hydrogen-bond acceptors (Lipinski definition) is 3. The number of imidazole rings is 1. The summed E-state index contributed by atoms with van der Waals surface area (Å²) in [4.78, 5) is 4.74. The Morgan fingerprint density at radius 3 is 2.68 bits per heavy atom. The fourth-order valence-corrected chi connectivity index (χ4v) is 3.20. The molecular formula is C17H12ClN3S. The molecule has 3 aromatic heterocycles. The average molecular weight is 326 g/mol. The summed E-state index contributed by atoms with van der Waals surface area (Å²) < 4.78 is 1.99. The quantitative estimate of drug-likeness (QED) is 0.542. The lowest BCUT2D eigenvalue weighted by Crippen LogP contribution is -1.96. The minimum atomic E-state index is 0.679. The summed E-state index contributed by atoms with van der Waals surface area (Å²) in [5.41, 5.74) is 3.90. The molecule has 0 amide bonds. The fraction of sp³-hybridized carbons (Fsp3) is 0. The lowest BCUT2D eigenvalue weighted by atomic mass is 10.2. The number of nitrogens with one attached hydrogen (secondary N) is 1. The van der Waals surface area contributed by atoms with E-state index in [1.807, 2.05) is 53.1 Å². The topological polar surface area (TPSA) is 29.3 Å². The van der Waals surface area contributed by atoms with Gasteiger partial charge in [-0.1, -0.05) is 29.8 Å². The van der Waals surface area contributed by atoms with Crippen molar-refractivity contribution in [3.8, 4) is 11.3 Å². The van der Waals surface area contributed by atoms with Crippen LogP contribution in [0.2, 0.25) is 5.02 Å². The van der Waals surface area contributed by atoms with E-state index in [1.54, 1.807) is 11.3 Å². The second-order valence-corrected chi connectivity index (χ2v) is 6.10. The molecule has 3 heterocycles. The maximum atomic E-state index is 6.15. The monoisotopic (exact) mass is 325 g/mol. The molecule has 108 valence electrons. The molecule has 0 bridgehead atoms. The van der Waals surface area contributed by atoms with Crippen LogP contribution in [0.5, 0.6) is 0 Å². The van der Waals surface area contributed by atoms with Crippen LogP contribution in [0.3, 0.4) is 0 Å². The van der Waals surface area contributed by atoms with Crippen molar-refractivity contribution in [2.45, 2.75) is 0 Å². The Labute approximate surface area is 136 Å². The summed E-state index contributed by atoms with van der Waals surface area (Å²) in [5, 5.41) is 8.29. The fourth-order valence-electron chi connectivity index (χ4n) is 2.40. The Morgan fingerprint density at radius 2 is 1.91 bits per heavy atom. The van der Waals surface area contributed by atoms with Crippen LogP contribution in [0.25, 0.3) is 16.9 Å². The van der Waals surface area contributed by atoms with E-state index < -0.39 is 0 Å². The van der Waals surface area contributed by atoms with Crippen molar-refractivity contribution in [3.05, 3.63) is 70.5 Å². The highest BCUT2D eigenvalue weighted by Gasteiger charge is 2.15. The Bertz CT molecular complexity index is 914. The Hall–Kier alpha value is -2.30. The first-order chi connectivity index (χ1) is 10.8. The highest BCUT2D eigenvalue weighted by Crippen LogP contribution is 2.32. The number of rotatable bonds is 3. The lowest BCUT2D eigenvalue weighted by Gasteiger charge is -2.08. The summed E-state index contributed by atoms with van der Waals surface area (Å²) >= 11 is 7.81. The molecule has 0 spiro atoms. The largest absolute Gasteiger partial charge is 0.339 e. The predicted octanol–water partition coefficient (Wildman–Crippen LogP) is 5.46. The van der Waals surface area contributed by atoms with Gasteiger partial charge in [0.25, 0.3) is 0 Å². The molecule has 1 aromatic carbocycles. The molecule has 4 aromatic rings. The van der Waals surface area contributed by atoms with Crippen molar-refractivity contribution in [2.24, 2.45) is 0 Å². The molecular weight excluding hydrogens is 314 g/mol. The average Bonchev–Trinajstić information content (AvgIpc) is 3.17. The number of hydrogen-bond donors (Lipinski definition) is 1. The molecule has 0 fully saturated rings. The summed E-state index contributed by atoms with van der Waals surface area (Å²) in [6, 6.07) is 15.9. The van der Waals surface area contributed by atoms with Crippen LogP contribution in [-0.4, -0.2) is 9.38 Å².